The highest BCUT2D eigenvalue weighted by molar-refractivity contribution is 5.96. The van der Waals surface area contributed by atoms with Gasteiger partial charge < -0.3 is 20.1 Å². The molecule has 0 aromatic heterocycles. The molecular formula is C16H22N2O4. The first kappa shape index (κ1) is 16.1. The number of carbonyl (C=O) groups is 2. The highest BCUT2D eigenvalue weighted by Gasteiger charge is 2.23. The molecule has 0 saturated carbocycles. The average molecular weight is 306 g/mol. The van der Waals surface area contributed by atoms with Gasteiger partial charge in [-0.25, -0.2) is 0 Å². The molecule has 0 unspecified atom stereocenters. The first-order chi connectivity index (χ1) is 10.5. The van der Waals surface area contributed by atoms with E-state index in [4.69, 9.17) is 15.2 Å². The first-order valence-electron chi connectivity index (χ1n) is 7.43. The quantitative estimate of drug-likeness (QED) is 0.895. The number of benzene rings is 1. The van der Waals surface area contributed by atoms with Crippen LogP contribution < -0.4 is 15.2 Å². The summed E-state index contributed by atoms with van der Waals surface area (Å²) < 4.78 is 10.6. The van der Waals surface area contributed by atoms with Gasteiger partial charge in [0.25, 0.3) is 11.8 Å². The Hall–Kier alpha value is -2.24. The lowest BCUT2D eigenvalue weighted by molar-refractivity contribution is -0.136. The maximum atomic E-state index is 12.2. The fourth-order valence-corrected chi connectivity index (χ4v) is 2.65. The highest BCUT2D eigenvalue weighted by Crippen LogP contribution is 2.24. The van der Waals surface area contributed by atoms with E-state index in [1.54, 1.807) is 12.1 Å². The minimum Gasteiger partial charge on any atom is -0.497 e. The molecule has 1 aromatic rings. The van der Waals surface area contributed by atoms with Crippen LogP contribution in [0.25, 0.3) is 0 Å². The molecule has 6 nitrogen and oxygen atoms in total. The minimum atomic E-state index is -0.618. The molecule has 1 fully saturated rings. The summed E-state index contributed by atoms with van der Waals surface area (Å²) in [7, 11) is 1.50. The van der Waals surface area contributed by atoms with Crippen molar-refractivity contribution >= 4 is 11.8 Å². The Morgan fingerprint density at radius 3 is 2.77 bits per heavy atom. The molecule has 0 spiro atoms. The number of primary amides is 1. The number of hydrogen-bond donors (Lipinski definition) is 1. The summed E-state index contributed by atoms with van der Waals surface area (Å²) in [5.41, 5.74) is 5.55. The molecule has 1 aromatic carbocycles. The lowest BCUT2D eigenvalue weighted by Gasteiger charge is -2.33. The van der Waals surface area contributed by atoms with Crippen LogP contribution in [0.15, 0.2) is 18.2 Å². The van der Waals surface area contributed by atoms with Crippen molar-refractivity contribution in [3.05, 3.63) is 23.8 Å². The molecule has 2 rings (SSSR count). The van der Waals surface area contributed by atoms with Gasteiger partial charge in [-0.3, -0.25) is 9.59 Å². The SMILES string of the molecule is COc1ccc(OCC(=O)N2CCCC[C@@H]2C)c(C(N)=O)c1. The summed E-state index contributed by atoms with van der Waals surface area (Å²) in [6.45, 7) is 2.70. The highest BCUT2D eigenvalue weighted by atomic mass is 16.5. The van der Waals surface area contributed by atoms with Gasteiger partial charge in [0.15, 0.2) is 6.61 Å². The van der Waals surface area contributed by atoms with Crippen LogP contribution in [0.2, 0.25) is 0 Å². The van der Waals surface area contributed by atoms with Crippen LogP contribution in [-0.4, -0.2) is 43.0 Å². The lowest BCUT2D eigenvalue weighted by Crippen LogP contribution is -2.44. The smallest absolute Gasteiger partial charge is 0.260 e. The van der Waals surface area contributed by atoms with E-state index in [9.17, 15) is 9.59 Å². The average Bonchev–Trinajstić information content (AvgIpc) is 2.52. The molecule has 1 saturated heterocycles. The van der Waals surface area contributed by atoms with Crippen molar-refractivity contribution in [1.82, 2.24) is 4.90 Å². The number of methoxy groups -OCH3 is 1. The van der Waals surface area contributed by atoms with Gasteiger partial charge >= 0.3 is 0 Å². The summed E-state index contributed by atoms with van der Waals surface area (Å²) in [4.78, 5) is 25.6. The molecule has 120 valence electrons. The van der Waals surface area contributed by atoms with Gasteiger partial charge in [0.1, 0.15) is 11.5 Å². The number of ether oxygens (including phenoxy) is 2. The molecule has 2 amide bonds. The van der Waals surface area contributed by atoms with Crippen LogP contribution in [0, 0.1) is 0 Å². The Balaban J connectivity index is 2.04. The third kappa shape index (κ3) is 3.69. The number of piperidine rings is 1. The predicted octanol–water partition coefficient (Wildman–Crippen LogP) is 1.57. The molecule has 1 atom stereocenters. The van der Waals surface area contributed by atoms with E-state index in [0.29, 0.717) is 11.5 Å². The van der Waals surface area contributed by atoms with E-state index in [-0.39, 0.29) is 24.1 Å². The summed E-state index contributed by atoms with van der Waals surface area (Å²) in [6, 6.07) is 4.99. The Kier molecular flexibility index (Phi) is 5.25. The second-order valence-corrected chi connectivity index (χ2v) is 5.45. The number of rotatable bonds is 5. The summed E-state index contributed by atoms with van der Waals surface area (Å²) in [5, 5.41) is 0. The number of likely N-dealkylation sites (tertiary alicyclic amines) is 1. The van der Waals surface area contributed by atoms with E-state index in [0.717, 1.165) is 25.8 Å². The number of carbonyl (C=O) groups excluding carboxylic acids is 2. The molecule has 6 heteroatoms. The minimum absolute atomic E-state index is 0.0709. The third-order valence-corrected chi connectivity index (χ3v) is 3.93. The largest absolute Gasteiger partial charge is 0.497 e. The second kappa shape index (κ2) is 7.15. The summed E-state index contributed by atoms with van der Waals surface area (Å²) in [6.07, 6.45) is 3.18. The van der Waals surface area contributed by atoms with Crippen molar-refractivity contribution in [2.24, 2.45) is 5.73 Å². The molecule has 0 aliphatic carbocycles. The molecular weight excluding hydrogens is 284 g/mol. The molecule has 1 aliphatic rings. The van der Waals surface area contributed by atoms with Crippen molar-refractivity contribution in [3.63, 3.8) is 0 Å². The zero-order valence-electron chi connectivity index (χ0n) is 13.0. The standard InChI is InChI=1S/C16H22N2O4/c1-11-5-3-4-8-18(11)15(19)10-22-14-7-6-12(21-2)9-13(14)16(17)20/h6-7,9,11H,3-5,8,10H2,1-2H3,(H2,17,20)/t11-/m0/s1. The zero-order chi connectivity index (χ0) is 16.1. The van der Waals surface area contributed by atoms with Crippen molar-refractivity contribution < 1.29 is 19.1 Å². The molecule has 2 N–H and O–H groups in total. The summed E-state index contributed by atoms with van der Waals surface area (Å²) >= 11 is 0. The van der Waals surface area contributed by atoms with E-state index in [1.807, 2.05) is 11.8 Å². The van der Waals surface area contributed by atoms with Crippen LogP contribution in [0.4, 0.5) is 0 Å². The van der Waals surface area contributed by atoms with Crippen molar-refractivity contribution in [2.75, 3.05) is 20.3 Å². The number of amides is 2. The van der Waals surface area contributed by atoms with Gasteiger partial charge in [-0.15, -0.1) is 0 Å². The fourth-order valence-electron chi connectivity index (χ4n) is 2.65. The van der Waals surface area contributed by atoms with Gasteiger partial charge in [0.05, 0.1) is 12.7 Å². The van der Waals surface area contributed by atoms with Crippen LogP contribution in [0.5, 0.6) is 11.5 Å². The molecule has 0 radical (unpaired) electrons. The Labute approximate surface area is 130 Å². The van der Waals surface area contributed by atoms with Crippen molar-refractivity contribution in [2.45, 2.75) is 32.2 Å². The zero-order valence-corrected chi connectivity index (χ0v) is 13.0. The van der Waals surface area contributed by atoms with Crippen LogP contribution in [0.3, 0.4) is 0 Å². The van der Waals surface area contributed by atoms with E-state index in [1.165, 1.54) is 13.2 Å². The molecule has 0 bridgehead atoms. The van der Waals surface area contributed by atoms with Crippen LogP contribution in [-0.2, 0) is 4.79 Å². The van der Waals surface area contributed by atoms with Crippen LogP contribution in [0.1, 0.15) is 36.5 Å². The maximum Gasteiger partial charge on any atom is 0.260 e. The second-order valence-electron chi connectivity index (χ2n) is 5.45. The normalized spacial score (nSPS) is 17.9. The molecule has 22 heavy (non-hydrogen) atoms. The van der Waals surface area contributed by atoms with Gasteiger partial charge in [-0.2, -0.15) is 0 Å². The number of nitrogens with zero attached hydrogens (tertiary/aromatic N) is 1. The van der Waals surface area contributed by atoms with E-state index < -0.39 is 5.91 Å². The monoisotopic (exact) mass is 306 g/mol. The number of hydrogen-bond acceptors (Lipinski definition) is 4. The van der Waals surface area contributed by atoms with Crippen LogP contribution >= 0.6 is 0 Å². The maximum absolute atomic E-state index is 12.2. The fraction of sp³-hybridized carbons (Fsp3) is 0.500. The van der Waals surface area contributed by atoms with E-state index in [2.05, 4.69) is 0 Å². The first-order valence-corrected chi connectivity index (χ1v) is 7.43. The Morgan fingerprint density at radius 2 is 2.14 bits per heavy atom. The Morgan fingerprint density at radius 1 is 1.36 bits per heavy atom. The molecule has 1 aliphatic heterocycles. The van der Waals surface area contributed by atoms with Gasteiger partial charge in [0.2, 0.25) is 0 Å². The Bertz CT molecular complexity index is 559. The predicted molar refractivity (Wildman–Crippen MR) is 82.0 cm³/mol. The topological polar surface area (TPSA) is 81.9 Å². The number of nitrogens with two attached hydrogens (primary N) is 1. The summed E-state index contributed by atoms with van der Waals surface area (Å²) in [5.74, 6) is 0.120. The van der Waals surface area contributed by atoms with E-state index >= 15 is 0 Å². The van der Waals surface area contributed by atoms with Crippen molar-refractivity contribution in [3.8, 4) is 11.5 Å². The van der Waals surface area contributed by atoms with Gasteiger partial charge in [-0.1, -0.05) is 0 Å². The lowest BCUT2D eigenvalue weighted by atomic mass is 10.0. The third-order valence-electron chi connectivity index (χ3n) is 3.93. The van der Waals surface area contributed by atoms with Gasteiger partial charge in [0, 0.05) is 12.6 Å². The van der Waals surface area contributed by atoms with Crippen molar-refractivity contribution in [1.29, 1.82) is 0 Å². The molecule has 1 heterocycles. The van der Waals surface area contributed by atoms with Gasteiger partial charge in [-0.05, 0) is 44.4 Å².